The number of carbonyl (C=O) groups excluding carboxylic acids is 1. The predicted octanol–water partition coefficient (Wildman–Crippen LogP) is 3.46. The largest absolute Gasteiger partial charge is 0.336 e. The zero-order valence-corrected chi connectivity index (χ0v) is 21.8. The van der Waals surface area contributed by atoms with E-state index in [2.05, 4.69) is 4.98 Å². The molecule has 3 aromatic carbocycles. The normalized spacial score (nSPS) is 14.7. The van der Waals surface area contributed by atoms with E-state index in [-0.39, 0.29) is 24.6 Å². The predicted molar refractivity (Wildman–Crippen MR) is 143 cm³/mol. The van der Waals surface area contributed by atoms with Gasteiger partial charge < -0.3 is 4.90 Å². The van der Waals surface area contributed by atoms with Crippen molar-refractivity contribution in [1.82, 2.24) is 18.8 Å². The molecule has 1 aliphatic heterocycles. The number of amides is 1. The maximum atomic E-state index is 13.4. The Hall–Kier alpha value is -3.82. The van der Waals surface area contributed by atoms with Crippen molar-refractivity contribution in [3.05, 3.63) is 99.6 Å². The van der Waals surface area contributed by atoms with Crippen molar-refractivity contribution in [1.29, 1.82) is 0 Å². The SMILES string of the molecule is Cc1cc(C)c(S(=O)(=O)N2CCN(C(=O)c3ccc(-n4cnc5ccccc5c4=O)cc3)CC2)c(C)c1. The van der Waals surface area contributed by atoms with Gasteiger partial charge >= 0.3 is 0 Å². The molecule has 0 N–H and O–H groups in total. The summed E-state index contributed by atoms with van der Waals surface area (Å²) in [5.41, 5.74) is 4.03. The molecule has 0 atom stereocenters. The van der Waals surface area contributed by atoms with Gasteiger partial charge in [-0.25, -0.2) is 13.4 Å². The van der Waals surface area contributed by atoms with E-state index in [0.29, 0.717) is 40.1 Å². The van der Waals surface area contributed by atoms with Crippen molar-refractivity contribution in [2.24, 2.45) is 0 Å². The fraction of sp³-hybridized carbons (Fsp3) is 0.250. The second-order valence-corrected chi connectivity index (χ2v) is 11.3. The van der Waals surface area contributed by atoms with Crippen molar-refractivity contribution in [3.8, 4) is 5.69 Å². The fourth-order valence-electron chi connectivity index (χ4n) is 5.03. The minimum absolute atomic E-state index is 0.171. The second kappa shape index (κ2) is 9.57. The van der Waals surface area contributed by atoms with Crippen LogP contribution in [0.2, 0.25) is 0 Å². The molecule has 1 aromatic heterocycles. The summed E-state index contributed by atoms with van der Waals surface area (Å²) in [4.78, 5) is 32.4. The van der Waals surface area contributed by atoms with Gasteiger partial charge in [0.05, 0.1) is 21.5 Å². The molecule has 1 saturated heterocycles. The molecule has 0 spiro atoms. The molecule has 1 amide bonds. The number of nitrogens with zero attached hydrogens (tertiary/aromatic N) is 4. The zero-order chi connectivity index (χ0) is 26.3. The fourth-order valence-corrected chi connectivity index (χ4v) is 6.87. The summed E-state index contributed by atoms with van der Waals surface area (Å²) < 4.78 is 29.6. The molecule has 0 radical (unpaired) electrons. The Morgan fingerprint density at radius 1 is 0.865 bits per heavy atom. The highest BCUT2D eigenvalue weighted by atomic mass is 32.2. The molecule has 1 fully saturated rings. The minimum atomic E-state index is -3.65. The van der Waals surface area contributed by atoms with Crippen LogP contribution in [0, 0.1) is 20.8 Å². The number of hydrogen-bond acceptors (Lipinski definition) is 5. The average Bonchev–Trinajstić information content (AvgIpc) is 2.88. The van der Waals surface area contributed by atoms with Crippen molar-refractivity contribution >= 4 is 26.8 Å². The lowest BCUT2D eigenvalue weighted by Gasteiger charge is -2.34. The quantitative estimate of drug-likeness (QED) is 0.414. The van der Waals surface area contributed by atoms with E-state index in [1.807, 2.05) is 39.0 Å². The number of sulfonamides is 1. The topological polar surface area (TPSA) is 92.6 Å². The van der Waals surface area contributed by atoms with E-state index in [4.69, 9.17) is 0 Å². The number of benzene rings is 3. The first-order valence-corrected chi connectivity index (χ1v) is 13.5. The highest BCUT2D eigenvalue weighted by molar-refractivity contribution is 7.89. The Labute approximate surface area is 215 Å². The summed E-state index contributed by atoms with van der Waals surface area (Å²) in [5, 5.41) is 0.522. The van der Waals surface area contributed by atoms with Crippen LogP contribution >= 0.6 is 0 Å². The van der Waals surface area contributed by atoms with E-state index < -0.39 is 10.0 Å². The first-order valence-electron chi connectivity index (χ1n) is 12.1. The summed E-state index contributed by atoms with van der Waals surface area (Å²) in [7, 11) is -3.65. The van der Waals surface area contributed by atoms with Gasteiger partial charge in [0.1, 0.15) is 6.33 Å². The third-order valence-corrected chi connectivity index (χ3v) is 8.99. The number of fused-ring (bicyclic) bond motifs is 1. The van der Waals surface area contributed by atoms with Gasteiger partial charge in [0.25, 0.3) is 11.5 Å². The van der Waals surface area contributed by atoms with Gasteiger partial charge in [0, 0.05) is 31.7 Å². The Morgan fingerprint density at radius 3 is 2.14 bits per heavy atom. The van der Waals surface area contributed by atoms with Crippen LogP contribution in [-0.4, -0.2) is 59.3 Å². The Kier molecular flexibility index (Phi) is 6.43. The lowest BCUT2D eigenvalue weighted by atomic mass is 10.1. The molecule has 0 unspecified atom stereocenters. The summed E-state index contributed by atoms with van der Waals surface area (Å²) in [5.74, 6) is -0.171. The van der Waals surface area contributed by atoms with E-state index in [9.17, 15) is 18.0 Å². The maximum Gasteiger partial charge on any atom is 0.265 e. The maximum absolute atomic E-state index is 13.4. The van der Waals surface area contributed by atoms with Crippen LogP contribution in [0.4, 0.5) is 0 Å². The van der Waals surface area contributed by atoms with Crippen molar-refractivity contribution in [2.45, 2.75) is 25.7 Å². The molecule has 0 aliphatic carbocycles. The minimum Gasteiger partial charge on any atom is -0.336 e. The van der Waals surface area contributed by atoms with Crippen LogP contribution in [0.1, 0.15) is 27.0 Å². The highest BCUT2D eigenvalue weighted by Gasteiger charge is 2.32. The smallest absolute Gasteiger partial charge is 0.265 e. The molecule has 2 heterocycles. The number of aromatic nitrogens is 2. The molecule has 0 bridgehead atoms. The standard InChI is InChI=1S/C28H28N4O4S/c1-19-16-20(2)26(21(3)17-19)37(35,36)31-14-12-30(13-15-31)27(33)22-8-10-23(11-9-22)32-18-29-25-7-5-4-6-24(25)28(32)34/h4-11,16-18H,12-15H2,1-3H3. The highest BCUT2D eigenvalue weighted by Crippen LogP contribution is 2.26. The Morgan fingerprint density at radius 2 is 1.49 bits per heavy atom. The van der Waals surface area contributed by atoms with Crippen LogP contribution in [-0.2, 0) is 10.0 Å². The van der Waals surface area contributed by atoms with Gasteiger partial charge in [-0.2, -0.15) is 4.31 Å². The number of piperazine rings is 1. The number of hydrogen-bond donors (Lipinski definition) is 0. The Bertz CT molecular complexity index is 1650. The summed E-state index contributed by atoms with van der Waals surface area (Å²) >= 11 is 0. The van der Waals surface area contributed by atoms with Crippen LogP contribution in [0.5, 0.6) is 0 Å². The molecule has 9 heteroatoms. The first kappa shape index (κ1) is 24.9. The van der Waals surface area contributed by atoms with Gasteiger partial charge in [0.15, 0.2) is 0 Å². The van der Waals surface area contributed by atoms with Crippen LogP contribution in [0.3, 0.4) is 0 Å². The molecule has 5 rings (SSSR count). The van der Waals surface area contributed by atoms with Crippen LogP contribution in [0.15, 0.2) is 76.7 Å². The average molecular weight is 517 g/mol. The van der Waals surface area contributed by atoms with Gasteiger partial charge in [-0.05, 0) is 68.3 Å². The second-order valence-electron chi connectivity index (χ2n) is 9.41. The molecule has 1 aliphatic rings. The molecule has 37 heavy (non-hydrogen) atoms. The molecule has 0 saturated carbocycles. The number of rotatable bonds is 4. The van der Waals surface area contributed by atoms with E-state index in [1.54, 1.807) is 47.4 Å². The van der Waals surface area contributed by atoms with Crippen molar-refractivity contribution < 1.29 is 13.2 Å². The number of carbonyl (C=O) groups is 1. The zero-order valence-electron chi connectivity index (χ0n) is 21.0. The third-order valence-electron chi connectivity index (χ3n) is 6.79. The number of aryl methyl sites for hydroxylation is 3. The first-order chi connectivity index (χ1) is 17.7. The van der Waals surface area contributed by atoms with Gasteiger partial charge in [-0.3, -0.25) is 14.2 Å². The van der Waals surface area contributed by atoms with Crippen molar-refractivity contribution in [3.63, 3.8) is 0 Å². The van der Waals surface area contributed by atoms with E-state index in [1.165, 1.54) is 15.2 Å². The third kappa shape index (κ3) is 4.56. The van der Waals surface area contributed by atoms with Crippen LogP contribution < -0.4 is 5.56 Å². The summed E-state index contributed by atoms with van der Waals surface area (Å²) in [6.07, 6.45) is 1.48. The van der Waals surface area contributed by atoms with Crippen molar-refractivity contribution in [2.75, 3.05) is 26.2 Å². The monoisotopic (exact) mass is 516 g/mol. The number of para-hydroxylation sites is 1. The van der Waals surface area contributed by atoms with Crippen LogP contribution in [0.25, 0.3) is 16.6 Å². The van der Waals surface area contributed by atoms with Gasteiger partial charge in [-0.1, -0.05) is 29.8 Å². The van der Waals surface area contributed by atoms with E-state index in [0.717, 1.165) is 16.7 Å². The Balaban J connectivity index is 1.30. The summed E-state index contributed by atoms with van der Waals surface area (Å²) in [6, 6.07) is 17.7. The lowest BCUT2D eigenvalue weighted by molar-refractivity contribution is 0.0698. The molecular weight excluding hydrogens is 488 g/mol. The molecular formula is C28H28N4O4S. The van der Waals surface area contributed by atoms with Gasteiger partial charge in [0.2, 0.25) is 10.0 Å². The molecule has 190 valence electrons. The lowest BCUT2D eigenvalue weighted by Crippen LogP contribution is -2.50. The van der Waals surface area contributed by atoms with Gasteiger partial charge in [-0.15, -0.1) is 0 Å². The van der Waals surface area contributed by atoms with E-state index >= 15 is 0 Å². The molecule has 4 aromatic rings. The summed E-state index contributed by atoms with van der Waals surface area (Å²) in [6.45, 7) is 6.66. The molecule has 8 nitrogen and oxygen atoms in total.